The van der Waals surface area contributed by atoms with Gasteiger partial charge in [0.05, 0.1) is 23.1 Å². The van der Waals surface area contributed by atoms with Crippen LogP contribution in [0.15, 0.2) is 18.2 Å². The number of non-ortho nitro benzene ring substituents is 1. The fraction of sp³-hybridized carbons (Fsp3) is 0.462. The SMILES string of the molecule is CC1CCN(C(=O)c2cc([N+](=O)[O-])ccc2N)C1CO. The molecule has 2 atom stereocenters. The zero-order valence-corrected chi connectivity index (χ0v) is 11.2. The summed E-state index contributed by atoms with van der Waals surface area (Å²) >= 11 is 0. The van der Waals surface area contributed by atoms with Crippen LogP contribution in [0, 0.1) is 16.0 Å². The number of carbonyl (C=O) groups excluding carboxylic acids is 1. The van der Waals surface area contributed by atoms with E-state index in [1.165, 1.54) is 18.2 Å². The number of amides is 1. The standard InChI is InChI=1S/C13H17N3O4/c1-8-4-5-15(12(8)7-17)13(18)10-6-9(16(19)20)2-3-11(10)14/h2-3,6,8,12,17H,4-5,7,14H2,1H3. The molecule has 1 aliphatic heterocycles. The summed E-state index contributed by atoms with van der Waals surface area (Å²) in [5.41, 5.74) is 5.90. The Morgan fingerprint density at radius 1 is 1.60 bits per heavy atom. The van der Waals surface area contributed by atoms with E-state index in [4.69, 9.17) is 5.73 Å². The third kappa shape index (κ3) is 2.44. The largest absolute Gasteiger partial charge is 0.398 e. The van der Waals surface area contributed by atoms with E-state index in [-0.39, 0.29) is 41.4 Å². The minimum absolute atomic E-state index is 0.117. The molecule has 0 aromatic heterocycles. The van der Waals surface area contributed by atoms with Crippen molar-refractivity contribution in [3.63, 3.8) is 0 Å². The lowest BCUT2D eigenvalue weighted by Gasteiger charge is -2.25. The second-order valence-corrected chi connectivity index (χ2v) is 5.04. The number of benzene rings is 1. The minimum Gasteiger partial charge on any atom is -0.398 e. The molecule has 1 fully saturated rings. The molecule has 0 spiro atoms. The van der Waals surface area contributed by atoms with Gasteiger partial charge < -0.3 is 15.7 Å². The molecule has 1 aromatic rings. The number of aliphatic hydroxyl groups is 1. The maximum Gasteiger partial charge on any atom is 0.270 e. The Bertz CT molecular complexity index is 546. The molecule has 0 radical (unpaired) electrons. The van der Waals surface area contributed by atoms with Crippen LogP contribution >= 0.6 is 0 Å². The second-order valence-electron chi connectivity index (χ2n) is 5.04. The average molecular weight is 279 g/mol. The van der Waals surface area contributed by atoms with E-state index >= 15 is 0 Å². The molecular weight excluding hydrogens is 262 g/mol. The number of nitrogens with two attached hydrogens (primary N) is 1. The van der Waals surface area contributed by atoms with Crippen molar-refractivity contribution in [3.8, 4) is 0 Å². The van der Waals surface area contributed by atoms with Crippen molar-refractivity contribution >= 4 is 17.3 Å². The van der Waals surface area contributed by atoms with Gasteiger partial charge in [-0.3, -0.25) is 14.9 Å². The number of hydrogen-bond acceptors (Lipinski definition) is 5. The Hall–Kier alpha value is -2.15. The smallest absolute Gasteiger partial charge is 0.270 e. The van der Waals surface area contributed by atoms with Crippen LogP contribution in [-0.4, -0.2) is 40.0 Å². The first-order valence-electron chi connectivity index (χ1n) is 6.41. The first-order chi connectivity index (χ1) is 9.45. The van der Waals surface area contributed by atoms with Gasteiger partial charge in [-0.2, -0.15) is 0 Å². The number of rotatable bonds is 3. The highest BCUT2D eigenvalue weighted by Gasteiger charge is 2.35. The number of anilines is 1. The van der Waals surface area contributed by atoms with Crippen molar-refractivity contribution in [1.29, 1.82) is 0 Å². The summed E-state index contributed by atoms with van der Waals surface area (Å²) in [4.78, 5) is 24.2. The van der Waals surface area contributed by atoms with Gasteiger partial charge in [0.15, 0.2) is 0 Å². The maximum atomic E-state index is 12.5. The van der Waals surface area contributed by atoms with Crippen LogP contribution in [0.4, 0.5) is 11.4 Å². The Kier molecular flexibility index (Phi) is 3.89. The van der Waals surface area contributed by atoms with Crippen molar-refractivity contribution in [3.05, 3.63) is 33.9 Å². The zero-order valence-electron chi connectivity index (χ0n) is 11.2. The fourth-order valence-electron chi connectivity index (χ4n) is 2.54. The number of nitro groups is 1. The molecule has 1 aliphatic rings. The fourth-order valence-corrected chi connectivity index (χ4v) is 2.54. The predicted octanol–water partition coefficient (Wildman–Crippen LogP) is 1.02. The van der Waals surface area contributed by atoms with Crippen LogP contribution in [0.2, 0.25) is 0 Å². The van der Waals surface area contributed by atoms with Gasteiger partial charge in [0.1, 0.15) is 0 Å². The molecule has 1 heterocycles. The Labute approximate surface area is 116 Å². The third-order valence-electron chi connectivity index (χ3n) is 3.81. The van der Waals surface area contributed by atoms with Crippen LogP contribution in [0.5, 0.6) is 0 Å². The van der Waals surface area contributed by atoms with Crippen molar-refractivity contribution in [2.24, 2.45) is 5.92 Å². The van der Waals surface area contributed by atoms with Gasteiger partial charge in [0.25, 0.3) is 11.6 Å². The molecule has 0 bridgehead atoms. The molecule has 0 saturated carbocycles. The van der Waals surface area contributed by atoms with Gasteiger partial charge in [-0.05, 0) is 18.4 Å². The predicted molar refractivity (Wildman–Crippen MR) is 73.2 cm³/mol. The molecule has 0 aliphatic carbocycles. The highest BCUT2D eigenvalue weighted by Crippen LogP contribution is 2.28. The molecule has 3 N–H and O–H groups in total. The molecule has 108 valence electrons. The van der Waals surface area contributed by atoms with Gasteiger partial charge in [0.2, 0.25) is 0 Å². The van der Waals surface area contributed by atoms with Crippen molar-refractivity contribution in [1.82, 2.24) is 4.90 Å². The van der Waals surface area contributed by atoms with E-state index in [0.29, 0.717) is 6.54 Å². The van der Waals surface area contributed by atoms with Crippen LogP contribution in [-0.2, 0) is 0 Å². The van der Waals surface area contributed by atoms with Crippen LogP contribution in [0.3, 0.4) is 0 Å². The van der Waals surface area contributed by atoms with Crippen LogP contribution in [0.25, 0.3) is 0 Å². The summed E-state index contributed by atoms with van der Waals surface area (Å²) in [6.07, 6.45) is 0.797. The topological polar surface area (TPSA) is 110 Å². The van der Waals surface area contributed by atoms with E-state index in [1.54, 1.807) is 4.90 Å². The zero-order chi connectivity index (χ0) is 14.9. The monoisotopic (exact) mass is 279 g/mol. The minimum atomic E-state index is -0.563. The lowest BCUT2D eigenvalue weighted by Crippen LogP contribution is -2.40. The number of carbonyl (C=O) groups is 1. The molecule has 20 heavy (non-hydrogen) atoms. The normalized spacial score (nSPS) is 22.0. The number of aliphatic hydroxyl groups excluding tert-OH is 1. The lowest BCUT2D eigenvalue weighted by molar-refractivity contribution is -0.384. The Morgan fingerprint density at radius 2 is 2.30 bits per heavy atom. The van der Waals surface area contributed by atoms with Gasteiger partial charge in [-0.25, -0.2) is 0 Å². The Morgan fingerprint density at radius 3 is 2.90 bits per heavy atom. The van der Waals surface area contributed by atoms with Crippen molar-refractivity contribution in [2.75, 3.05) is 18.9 Å². The molecule has 1 amide bonds. The molecule has 2 unspecified atom stereocenters. The van der Waals surface area contributed by atoms with Gasteiger partial charge in [0, 0.05) is 24.4 Å². The van der Waals surface area contributed by atoms with Crippen LogP contribution < -0.4 is 5.73 Å². The average Bonchev–Trinajstić information content (AvgIpc) is 2.79. The molecule has 1 aromatic carbocycles. The number of nitrogen functional groups attached to an aromatic ring is 1. The van der Waals surface area contributed by atoms with E-state index in [0.717, 1.165) is 6.42 Å². The van der Waals surface area contributed by atoms with Crippen LogP contribution in [0.1, 0.15) is 23.7 Å². The van der Waals surface area contributed by atoms with E-state index < -0.39 is 4.92 Å². The number of hydrogen-bond donors (Lipinski definition) is 2. The number of nitro benzene ring substituents is 1. The van der Waals surface area contributed by atoms with Crippen molar-refractivity contribution < 1.29 is 14.8 Å². The molecule has 7 nitrogen and oxygen atoms in total. The second kappa shape index (κ2) is 5.46. The summed E-state index contributed by atoms with van der Waals surface area (Å²) in [7, 11) is 0. The highest BCUT2D eigenvalue weighted by atomic mass is 16.6. The van der Waals surface area contributed by atoms with E-state index in [1.807, 2.05) is 6.92 Å². The lowest BCUT2D eigenvalue weighted by atomic mass is 10.0. The summed E-state index contributed by atoms with van der Waals surface area (Å²) in [5, 5.41) is 20.2. The first-order valence-corrected chi connectivity index (χ1v) is 6.41. The van der Waals surface area contributed by atoms with Gasteiger partial charge in [-0.1, -0.05) is 6.92 Å². The number of nitrogens with zero attached hydrogens (tertiary/aromatic N) is 2. The van der Waals surface area contributed by atoms with Crippen molar-refractivity contribution in [2.45, 2.75) is 19.4 Å². The Balaban J connectivity index is 2.33. The summed E-state index contributed by atoms with van der Waals surface area (Å²) in [6.45, 7) is 2.36. The molecular formula is C13H17N3O4. The first kappa shape index (κ1) is 14.3. The molecule has 7 heteroatoms. The molecule has 1 saturated heterocycles. The molecule has 2 rings (SSSR count). The quantitative estimate of drug-likeness (QED) is 0.487. The van der Waals surface area contributed by atoms with E-state index in [2.05, 4.69) is 0 Å². The summed E-state index contributed by atoms with van der Waals surface area (Å²) in [6, 6.07) is 3.55. The maximum absolute atomic E-state index is 12.5. The summed E-state index contributed by atoms with van der Waals surface area (Å²) < 4.78 is 0. The highest BCUT2D eigenvalue weighted by molar-refractivity contribution is 6.00. The van der Waals surface area contributed by atoms with Gasteiger partial charge >= 0.3 is 0 Å². The van der Waals surface area contributed by atoms with Gasteiger partial charge in [-0.15, -0.1) is 0 Å². The van der Waals surface area contributed by atoms with E-state index in [9.17, 15) is 20.0 Å². The summed E-state index contributed by atoms with van der Waals surface area (Å²) in [5.74, 6) is -0.168. The third-order valence-corrected chi connectivity index (χ3v) is 3.81. The number of likely N-dealkylation sites (tertiary alicyclic amines) is 1.